The van der Waals surface area contributed by atoms with Crippen LogP contribution in [0, 0.1) is 6.92 Å². The normalized spacial score (nSPS) is 11.6. The van der Waals surface area contributed by atoms with Crippen molar-refractivity contribution < 1.29 is 8.42 Å². The van der Waals surface area contributed by atoms with Gasteiger partial charge in [0.2, 0.25) is 10.0 Å². The molecule has 2 aromatic heterocycles. The second-order valence-corrected chi connectivity index (χ2v) is 8.11. The molecule has 0 fully saturated rings. The highest BCUT2D eigenvalue weighted by Gasteiger charge is 2.19. The van der Waals surface area contributed by atoms with E-state index in [0.29, 0.717) is 22.0 Å². The van der Waals surface area contributed by atoms with Crippen LogP contribution in [0.15, 0.2) is 53.0 Å². The van der Waals surface area contributed by atoms with Gasteiger partial charge >= 0.3 is 0 Å². The van der Waals surface area contributed by atoms with Crippen LogP contribution in [0.3, 0.4) is 0 Å². The van der Waals surface area contributed by atoms with Crippen molar-refractivity contribution in [1.82, 2.24) is 14.7 Å². The van der Waals surface area contributed by atoms with Gasteiger partial charge in [0.1, 0.15) is 5.69 Å². The number of hydrogen-bond acceptors (Lipinski definition) is 5. The summed E-state index contributed by atoms with van der Waals surface area (Å²) in [5.41, 5.74) is 1.77. The monoisotopic (exact) mass is 379 g/mol. The second-order valence-electron chi connectivity index (χ2n) is 5.02. The van der Waals surface area contributed by atoms with Crippen LogP contribution in [0.25, 0.3) is 10.6 Å². The van der Waals surface area contributed by atoms with Gasteiger partial charge < -0.3 is 0 Å². The van der Waals surface area contributed by atoms with E-state index >= 15 is 0 Å². The van der Waals surface area contributed by atoms with Gasteiger partial charge in [-0.3, -0.25) is 9.97 Å². The molecule has 1 aromatic carbocycles. The van der Waals surface area contributed by atoms with Crippen LogP contribution in [0.1, 0.15) is 11.3 Å². The highest BCUT2D eigenvalue weighted by Crippen LogP contribution is 2.26. The van der Waals surface area contributed by atoms with Crippen molar-refractivity contribution >= 4 is 33.0 Å². The molecule has 0 aliphatic rings. The Balaban J connectivity index is 1.88. The minimum atomic E-state index is -3.70. The van der Waals surface area contributed by atoms with Crippen molar-refractivity contribution in [2.45, 2.75) is 18.4 Å². The van der Waals surface area contributed by atoms with E-state index in [2.05, 4.69) is 14.7 Å². The molecule has 1 N–H and O–H groups in total. The number of sulfonamides is 1. The third-order valence-corrected chi connectivity index (χ3v) is 6.30. The molecule has 0 saturated heterocycles. The fourth-order valence-electron chi connectivity index (χ4n) is 2.24. The average Bonchev–Trinajstić information content (AvgIpc) is 3.10. The van der Waals surface area contributed by atoms with Crippen molar-refractivity contribution in [2.24, 2.45) is 0 Å². The molecule has 24 heavy (non-hydrogen) atoms. The third kappa shape index (κ3) is 3.49. The Morgan fingerprint density at radius 1 is 1.17 bits per heavy atom. The average molecular weight is 380 g/mol. The minimum Gasteiger partial charge on any atom is -0.256 e. The van der Waals surface area contributed by atoms with Gasteiger partial charge in [-0.25, -0.2) is 13.1 Å². The molecule has 0 bridgehead atoms. The lowest BCUT2D eigenvalue weighted by atomic mass is 10.2. The quantitative estimate of drug-likeness (QED) is 0.734. The molecule has 5 nitrogen and oxygen atoms in total. The zero-order chi connectivity index (χ0) is 17.2. The lowest BCUT2D eigenvalue weighted by Crippen LogP contribution is -2.25. The number of aromatic nitrogens is 2. The highest BCUT2D eigenvalue weighted by molar-refractivity contribution is 7.89. The van der Waals surface area contributed by atoms with Crippen molar-refractivity contribution in [3.05, 3.63) is 64.4 Å². The molecule has 3 rings (SSSR count). The molecule has 0 unspecified atom stereocenters. The van der Waals surface area contributed by atoms with Crippen molar-refractivity contribution in [1.29, 1.82) is 0 Å². The first kappa shape index (κ1) is 17.0. The molecule has 0 atom stereocenters. The summed E-state index contributed by atoms with van der Waals surface area (Å²) in [4.78, 5) is 9.69. The fraction of sp³-hybridized carbons (Fsp3) is 0.125. The summed E-state index contributed by atoms with van der Waals surface area (Å²) in [6.45, 7) is 1.73. The number of rotatable bonds is 5. The minimum absolute atomic E-state index is 0.0510. The van der Waals surface area contributed by atoms with Crippen molar-refractivity contribution in [2.75, 3.05) is 0 Å². The van der Waals surface area contributed by atoms with E-state index in [1.807, 2.05) is 17.5 Å². The van der Waals surface area contributed by atoms with E-state index in [-0.39, 0.29) is 11.4 Å². The summed E-state index contributed by atoms with van der Waals surface area (Å²) in [7, 11) is -3.70. The predicted molar refractivity (Wildman–Crippen MR) is 95.6 cm³/mol. The zero-order valence-corrected chi connectivity index (χ0v) is 15.1. The largest absolute Gasteiger partial charge is 0.256 e. The first-order chi connectivity index (χ1) is 11.5. The third-order valence-electron chi connectivity index (χ3n) is 3.47. The van der Waals surface area contributed by atoms with Crippen molar-refractivity contribution in [3.8, 4) is 10.6 Å². The van der Waals surface area contributed by atoms with Crippen LogP contribution in [0.4, 0.5) is 0 Å². The molecule has 0 saturated carbocycles. The SMILES string of the molecule is Cc1c(Cl)cccc1S(=O)(=O)NCc1nccnc1-c1cccs1. The van der Waals surface area contributed by atoms with E-state index in [1.165, 1.54) is 17.4 Å². The lowest BCUT2D eigenvalue weighted by Gasteiger charge is -2.11. The molecule has 8 heteroatoms. The number of nitrogens with one attached hydrogen (secondary N) is 1. The van der Waals surface area contributed by atoms with Crippen LogP contribution < -0.4 is 4.72 Å². The van der Waals surface area contributed by atoms with Gasteiger partial charge in [-0.15, -0.1) is 11.3 Å². The fourth-order valence-corrected chi connectivity index (χ4v) is 4.46. The number of hydrogen-bond donors (Lipinski definition) is 1. The number of benzene rings is 1. The molecule has 0 aliphatic carbocycles. The van der Waals surface area contributed by atoms with Gasteiger partial charge in [0.05, 0.1) is 22.0 Å². The van der Waals surface area contributed by atoms with Crippen LogP contribution >= 0.6 is 22.9 Å². The van der Waals surface area contributed by atoms with E-state index in [4.69, 9.17) is 11.6 Å². The number of halogens is 1. The van der Waals surface area contributed by atoms with E-state index < -0.39 is 10.0 Å². The van der Waals surface area contributed by atoms with Crippen LogP contribution in [0.5, 0.6) is 0 Å². The molecule has 0 amide bonds. The Morgan fingerprint density at radius 2 is 1.96 bits per heavy atom. The summed E-state index contributed by atoms with van der Waals surface area (Å²) < 4.78 is 27.7. The van der Waals surface area contributed by atoms with Crippen LogP contribution in [0.2, 0.25) is 5.02 Å². The first-order valence-corrected chi connectivity index (χ1v) is 9.81. The topological polar surface area (TPSA) is 72.0 Å². The Kier molecular flexibility index (Phi) is 4.96. The molecule has 3 aromatic rings. The maximum Gasteiger partial charge on any atom is 0.241 e. The molecule has 124 valence electrons. The van der Waals surface area contributed by atoms with Gasteiger partial charge in [0.15, 0.2) is 0 Å². The van der Waals surface area contributed by atoms with Crippen LogP contribution in [-0.2, 0) is 16.6 Å². The molecule has 0 radical (unpaired) electrons. The Labute approximate surface area is 149 Å². The van der Waals surface area contributed by atoms with Gasteiger partial charge in [-0.2, -0.15) is 0 Å². The van der Waals surface area contributed by atoms with Gasteiger partial charge in [0, 0.05) is 17.4 Å². The van der Waals surface area contributed by atoms with E-state index in [0.717, 1.165) is 4.88 Å². The summed E-state index contributed by atoms with van der Waals surface area (Å²) in [5.74, 6) is 0. The second kappa shape index (κ2) is 6.98. The Hall–Kier alpha value is -1.80. The van der Waals surface area contributed by atoms with Gasteiger partial charge in [0.25, 0.3) is 0 Å². The molecule has 2 heterocycles. The summed E-state index contributed by atoms with van der Waals surface area (Å²) in [6.07, 6.45) is 3.14. The maximum atomic E-state index is 12.6. The molecule has 0 aliphatic heterocycles. The van der Waals surface area contributed by atoms with Crippen LogP contribution in [-0.4, -0.2) is 18.4 Å². The van der Waals surface area contributed by atoms with Gasteiger partial charge in [-0.05, 0) is 36.1 Å². The number of thiophene rings is 1. The van der Waals surface area contributed by atoms with E-state index in [1.54, 1.807) is 31.5 Å². The Bertz CT molecular complexity index is 957. The highest BCUT2D eigenvalue weighted by atomic mass is 35.5. The lowest BCUT2D eigenvalue weighted by molar-refractivity contribution is 0.580. The molecular weight excluding hydrogens is 366 g/mol. The molecular formula is C16H14ClN3O2S2. The smallest absolute Gasteiger partial charge is 0.241 e. The molecule has 0 spiro atoms. The maximum absolute atomic E-state index is 12.6. The van der Waals surface area contributed by atoms with E-state index in [9.17, 15) is 8.42 Å². The zero-order valence-electron chi connectivity index (χ0n) is 12.7. The standard InChI is InChI=1S/C16H14ClN3O2S2/c1-11-12(17)4-2-6-15(11)24(21,22)20-10-13-16(19-8-7-18-13)14-5-3-9-23-14/h2-9,20H,10H2,1H3. The Morgan fingerprint density at radius 3 is 2.71 bits per heavy atom. The summed E-state index contributed by atoms with van der Waals surface area (Å²) in [6, 6.07) is 8.64. The predicted octanol–water partition coefficient (Wildman–Crippen LogP) is 3.65. The first-order valence-electron chi connectivity index (χ1n) is 7.07. The van der Waals surface area contributed by atoms with Crippen molar-refractivity contribution in [3.63, 3.8) is 0 Å². The summed E-state index contributed by atoms with van der Waals surface area (Å²) in [5, 5.41) is 2.35. The number of nitrogens with zero attached hydrogens (tertiary/aromatic N) is 2. The van der Waals surface area contributed by atoms with Gasteiger partial charge in [-0.1, -0.05) is 23.7 Å². The summed E-state index contributed by atoms with van der Waals surface area (Å²) >= 11 is 7.54.